The second-order valence-corrected chi connectivity index (χ2v) is 11.5. The van der Waals surface area contributed by atoms with Gasteiger partial charge in [-0.05, 0) is 28.7 Å². The van der Waals surface area contributed by atoms with Crippen LogP contribution in [-0.4, -0.2) is 22.6 Å². The molecule has 4 aromatic rings. The van der Waals surface area contributed by atoms with E-state index < -0.39 is 11.5 Å². The third kappa shape index (κ3) is 9.40. The van der Waals surface area contributed by atoms with E-state index in [0.29, 0.717) is 31.6 Å². The topological polar surface area (TPSA) is 49.4 Å². The lowest BCUT2D eigenvalue weighted by Crippen LogP contribution is -2.42. The lowest BCUT2D eigenvalue weighted by atomic mass is 9.94. The summed E-state index contributed by atoms with van der Waals surface area (Å²) in [5, 5.41) is 3.08. The highest BCUT2D eigenvalue weighted by Gasteiger charge is 2.27. The van der Waals surface area contributed by atoms with E-state index in [1.807, 2.05) is 106 Å². The number of carbonyl (C=O) groups is 2. The van der Waals surface area contributed by atoms with Crippen LogP contribution in [0.15, 0.2) is 133 Å². The van der Waals surface area contributed by atoms with Crippen LogP contribution in [0.5, 0.6) is 0 Å². The zero-order valence-electron chi connectivity index (χ0n) is 24.3. The van der Waals surface area contributed by atoms with Gasteiger partial charge >= 0.3 is 0 Å². The molecule has 0 heterocycles. The summed E-state index contributed by atoms with van der Waals surface area (Å²) < 4.78 is 0. The number of allylic oxidation sites excluding steroid dienone is 1. The van der Waals surface area contributed by atoms with Crippen molar-refractivity contribution in [3.63, 3.8) is 0 Å². The van der Waals surface area contributed by atoms with Crippen molar-refractivity contribution >= 4 is 11.7 Å². The lowest BCUT2D eigenvalue weighted by molar-refractivity contribution is -0.127. The highest BCUT2D eigenvalue weighted by atomic mass is 16.2. The van der Waals surface area contributed by atoms with Crippen molar-refractivity contribution in [2.45, 2.75) is 52.7 Å². The van der Waals surface area contributed by atoms with Crippen LogP contribution in [0.2, 0.25) is 0 Å². The van der Waals surface area contributed by atoms with Gasteiger partial charge in [0, 0.05) is 36.7 Å². The second-order valence-electron chi connectivity index (χ2n) is 11.5. The first-order chi connectivity index (χ1) is 19.8. The van der Waals surface area contributed by atoms with E-state index in [2.05, 4.69) is 46.6 Å². The zero-order valence-corrected chi connectivity index (χ0v) is 24.3. The van der Waals surface area contributed by atoms with Gasteiger partial charge in [-0.15, -0.1) is 0 Å². The maximum atomic E-state index is 14.3. The SMILES string of the molecule is CC(C)(C)C(=O)N/C(=C/C(=O)C(Cc1ccccc1)N(Cc1ccccc1)Cc1ccccc1)Cc1ccccc1. The molecule has 1 amide bonds. The molecule has 41 heavy (non-hydrogen) atoms. The van der Waals surface area contributed by atoms with Crippen LogP contribution in [0.4, 0.5) is 0 Å². The largest absolute Gasteiger partial charge is 0.329 e. The minimum absolute atomic E-state index is 0.0270. The molecular formula is C37H40N2O2. The predicted molar refractivity (Wildman–Crippen MR) is 167 cm³/mol. The summed E-state index contributed by atoms with van der Waals surface area (Å²) in [6.07, 6.45) is 2.68. The molecule has 0 saturated carbocycles. The number of hydrogen-bond acceptors (Lipinski definition) is 3. The summed E-state index contributed by atoms with van der Waals surface area (Å²) >= 11 is 0. The van der Waals surface area contributed by atoms with Gasteiger partial charge in [0.25, 0.3) is 0 Å². The Bertz CT molecular complexity index is 1370. The third-order valence-corrected chi connectivity index (χ3v) is 7.01. The van der Waals surface area contributed by atoms with E-state index in [1.165, 1.54) is 0 Å². The molecule has 1 N–H and O–H groups in total. The van der Waals surface area contributed by atoms with Gasteiger partial charge in [-0.2, -0.15) is 0 Å². The third-order valence-electron chi connectivity index (χ3n) is 7.01. The summed E-state index contributed by atoms with van der Waals surface area (Å²) in [4.78, 5) is 29.6. The molecule has 0 fully saturated rings. The Morgan fingerprint density at radius 1 is 0.659 bits per heavy atom. The highest BCUT2D eigenvalue weighted by Crippen LogP contribution is 2.20. The Hall–Kier alpha value is -4.28. The fourth-order valence-corrected chi connectivity index (χ4v) is 4.71. The van der Waals surface area contributed by atoms with Crippen molar-refractivity contribution in [3.8, 4) is 0 Å². The fraction of sp³-hybridized carbons (Fsp3) is 0.243. The Morgan fingerprint density at radius 3 is 1.51 bits per heavy atom. The quantitative estimate of drug-likeness (QED) is 0.193. The van der Waals surface area contributed by atoms with Crippen molar-refractivity contribution < 1.29 is 9.59 Å². The first-order valence-electron chi connectivity index (χ1n) is 14.2. The number of benzene rings is 4. The Balaban J connectivity index is 1.73. The van der Waals surface area contributed by atoms with Gasteiger partial charge in [0.1, 0.15) is 0 Å². The normalized spacial score (nSPS) is 12.6. The summed E-state index contributed by atoms with van der Waals surface area (Å²) in [7, 11) is 0. The van der Waals surface area contributed by atoms with Gasteiger partial charge in [0.05, 0.1) is 6.04 Å². The summed E-state index contributed by atoms with van der Waals surface area (Å²) in [6.45, 7) is 6.88. The molecule has 0 spiro atoms. The van der Waals surface area contributed by atoms with E-state index in [9.17, 15) is 9.59 Å². The van der Waals surface area contributed by atoms with E-state index in [-0.39, 0.29) is 11.7 Å². The molecule has 210 valence electrons. The molecular weight excluding hydrogens is 504 g/mol. The second kappa shape index (κ2) is 14.4. The van der Waals surface area contributed by atoms with E-state index in [0.717, 1.165) is 22.3 Å². The standard InChI is InChI=1S/C37H40N2O2/c1-37(2,3)36(41)38-33(24-29-16-8-4-9-17-29)26-35(40)34(25-30-18-10-5-11-19-30)39(27-31-20-12-6-13-21-31)28-32-22-14-7-15-23-32/h4-23,26,34H,24-25,27-28H2,1-3H3,(H,38,41)/b33-26+. The Labute approximate surface area is 244 Å². The van der Waals surface area contributed by atoms with E-state index in [1.54, 1.807) is 6.08 Å². The van der Waals surface area contributed by atoms with Crippen LogP contribution in [0.3, 0.4) is 0 Å². The van der Waals surface area contributed by atoms with Gasteiger partial charge in [-0.1, -0.05) is 142 Å². The molecule has 0 aliphatic carbocycles. The van der Waals surface area contributed by atoms with Crippen LogP contribution in [0.1, 0.15) is 43.0 Å². The van der Waals surface area contributed by atoms with Crippen molar-refractivity contribution in [3.05, 3.63) is 155 Å². The van der Waals surface area contributed by atoms with Crippen molar-refractivity contribution in [2.75, 3.05) is 0 Å². The molecule has 0 bridgehead atoms. The van der Waals surface area contributed by atoms with Gasteiger partial charge in [0.15, 0.2) is 5.78 Å². The number of rotatable bonds is 12. The Kier molecular flexibility index (Phi) is 10.4. The molecule has 0 saturated heterocycles. The number of carbonyl (C=O) groups excluding carboxylic acids is 2. The van der Waals surface area contributed by atoms with E-state index >= 15 is 0 Å². The first kappa shape index (κ1) is 29.7. The molecule has 0 aliphatic rings. The molecule has 4 nitrogen and oxygen atoms in total. The minimum atomic E-state index is -0.588. The van der Waals surface area contributed by atoms with Crippen LogP contribution < -0.4 is 5.32 Å². The molecule has 0 aromatic heterocycles. The summed E-state index contributed by atoms with van der Waals surface area (Å²) in [5.74, 6) is -0.140. The molecule has 4 aromatic carbocycles. The molecule has 0 radical (unpaired) electrons. The Morgan fingerprint density at radius 2 is 1.07 bits per heavy atom. The number of hydrogen-bond donors (Lipinski definition) is 1. The van der Waals surface area contributed by atoms with Crippen LogP contribution in [-0.2, 0) is 35.5 Å². The van der Waals surface area contributed by atoms with Crippen molar-refractivity contribution in [1.29, 1.82) is 0 Å². The number of nitrogens with zero attached hydrogens (tertiary/aromatic N) is 1. The maximum Gasteiger partial charge on any atom is 0.229 e. The van der Waals surface area contributed by atoms with Gasteiger partial charge in [-0.25, -0.2) is 0 Å². The molecule has 1 atom stereocenters. The van der Waals surface area contributed by atoms with Crippen LogP contribution in [0, 0.1) is 5.41 Å². The fourth-order valence-electron chi connectivity index (χ4n) is 4.71. The summed E-state index contributed by atoms with van der Waals surface area (Å²) in [5.41, 5.74) is 4.43. The average Bonchev–Trinajstić information content (AvgIpc) is 2.97. The average molecular weight is 545 g/mol. The number of ketones is 1. The van der Waals surface area contributed by atoms with E-state index in [4.69, 9.17) is 0 Å². The molecule has 0 aliphatic heterocycles. The predicted octanol–water partition coefficient (Wildman–Crippen LogP) is 7.16. The lowest BCUT2D eigenvalue weighted by Gasteiger charge is -2.31. The monoisotopic (exact) mass is 544 g/mol. The smallest absolute Gasteiger partial charge is 0.229 e. The summed E-state index contributed by atoms with van der Waals surface area (Å²) in [6, 6.07) is 40.2. The zero-order chi connectivity index (χ0) is 29.1. The maximum absolute atomic E-state index is 14.3. The number of amides is 1. The molecule has 4 heteroatoms. The van der Waals surface area contributed by atoms with Gasteiger partial charge < -0.3 is 5.32 Å². The van der Waals surface area contributed by atoms with Gasteiger partial charge in [-0.3, -0.25) is 14.5 Å². The minimum Gasteiger partial charge on any atom is -0.329 e. The molecule has 4 rings (SSSR count). The van der Waals surface area contributed by atoms with Crippen molar-refractivity contribution in [2.24, 2.45) is 5.41 Å². The highest BCUT2D eigenvalue weighted by molar-refractivity contribution is 5.96. The van der Waals surface area contributed by atoms with Crippen LogP contribution >= 0.6 is 0 Å². The first-order valence-corrected chi connectivity index (χ1v) is 14.2. The molecule has 1 unspecified atom stereocenters. The number of nitrogens with one attached hydrogen (secondary N) is 1. The van der Waals surface area contributed by atoms with Crippen molar-refractivity contribution in [1.82, 2.24) is 10.2 Å². The van der Waals surface area contributed by atoms with Gasteiger partial charge in [0.2, 0.25) is 5.91 Å². The van der Waals surface area contributed by atoms with Crippen LogP contribution in [0.25, 0.3) is 0 Å².